The van der Waals surface area contributed by atoms with Crippen molar-refractivity contribution in [2.75, 3.05) is 5.32 Å². The van der Waals surface area contributed by atoms with Crippen molar-refractivity contribution in [3.63, 3.8) is 0 Å². The first-order valence-electron chi connectivity index (χ1n) is 9.34. The Hall–Kier alpha value is -3.98. The van der Waals surface area contributed by atoms with Gasteiger partial charge in [0.25, 0.3) is 5.69 Å². The Balaban J connectivity index is 1.45. The van der Waals surface area contributed by atoms with Crippen LogP contribution in [-0.2, 0) is 11.3 Å². The van der Waals surface area contributed by atoms with Gasteiger partial charge in [0.05, 0.1) is 10.6 Å². The number of benzene rings is 3. The molecule has 0 bridgehead atoms. The number of non-ortho nitro benzene ring substituents is 1. The molecule has 3 aromatic carbocycles. The molecule has 4 aromatic rings. The number of nitrogens with one attached hydrogen (secondary N) is 1. The third-order valence-electron chi connectivity index (χ3n) is 4.29. The summed E-state index contributed by atoms with van der Waals surface area (Å²) in [6, 6.07) is 23.5. The standard InChI is InChI=1S/C22H17N5O3S/c28-21(24-19-11-4-5-12-20(19)31-18-9-2-1-3-10-18)14-26-15-23-22(25-26)16-7-6-8-17(13-16)27(29)30/h1-13,15H,14H2,(H,24,28). The molecular weight excluding hydrogens is 414 g/mol. The Morgan fingerprint density at radius 3 is 2.61 bits per heavy atom. The van der Waals surface area contributed by atoms with Crippen LogP contribution in [0.5, 0.6) is 0 Å². The van der Waals surface area contributed by atoms with Crippen LogP contribution in [0.2, 0.25) is 0 Å². The first kappa shape index (κ1) is 20.3. The van der Waals surface area contributed by atoms with Gasteiger partial charge in [-0.25, -0.2) is 9.67 Å². The van der Waals surface area contributed by atoms with Crippen LogP contribution in [0.3, 0.4) is 0 Å². The van der Waals surface area contributed by atoms with E-state index in [9.17, 15) is 14.9 Å². The van der Waals surface area contributed by atoms with Gasteiger partial charge < -0.3 is 5.32 Å². The van der Waals surface area contributed by atoms with Crippen LogP contribution in [0, 0.1) is 10.1 Å². The number of aromatic nitrogens is 3. The minimum Gasteiger partial charge on any atom is -0.323 e. The van der Waals surface area contributed by atoms with E-state index in [0.29, 0.717) is 17.1 Å². The molecule has 0 saturated heterocycles. The number of carbonyl (C=O) groups excluding carboxylic acids is 1. The van der Waals surface area contributed by atoms with Gasteiger partial charge in [0, 0.05) is 27.5 Å². The Kier molecular flexibility index (Phi) is 6.04. The number of hydrogen-bond acceptors (Lipinski definition) is 6. The summed E-state index contributed by atoms with van der Waals surface area (Å²) in [6.07, 6.45) is 1.43. The Bertz CT molecular complexity index is 1230. The van der Waals surface area contributed by atoms with Crippen LogP contribution < -0.4 is 5.32 Å². The zero-order valence-corrected chi connectivity index (χ0v) is 17.0. The van der Waals surface area contributed by atoms with E-state index >= 15 is 0 Å². The number of carbonyl (C=O) groups is 1. The summed E-state index contributed by atoms with van der Waals surface area (Å²) in [5.41, 5.74) is 1.18. The van der Waals surface area contributed by atoms with Gasteiger partial charge >= 0.3 is 0 Å². The molecule has 1 N–H and O–H groups in total. The predicted octanol–water partition coefficient (Wildman–Crippen LogP) is 4.64. The van der Waals surface area contributed by atoms with Crippen molar-refractivity contribution < 1.29 is 9.72 Å². The molecular formula is C22H17N5O3S. The number of nitro groups is 1. The second-order valence-corrected chi connectivity index (χ2v) is 7.65. The van der Waals surface area contributed by atoms with Gasteiger partial charge in [0.15, 0.2) is 5.82 Å². The molecule has 9 heteroatoms. The summed E-state index contributed by atoms with van der Waals surface area (Å²) in [5.74, 6) is 0.0631. The van der Waals surface area contributed by atoms with Crippen molar-refractivity contribution in [1.82, 2.24) is 14.8 Å². The largest absolute Gasteiger partial charge is 0.323 e. The summed E-state index contributed by atoms with van der Waals surface area (Å²) in [4.78, 5) is 29.2. The molecule has 0 spiro atoms. The van der Waals surface area contributed by atoms with Crippen molar-refractivity contribution >= 4 is 29.0 Å². The average molecular weight is 431 g/mol. The topological polar surface area (TPSA) is 103 Å². The average Bonchev–Trinajstić information content (AvgIpc) is 3.24. The third-order valence-corrected chi connectivity index (χ3v) is 5.37. The molecule has 1 heterocycles. The molecule has 0 aliphatic rings. The van der Waals surface area contributed by atoms with Gasteiger partial charge in [0.2, 0.25) is 5.91 Å². The monoisotopic (exact) mass is 431 g/mol. The lowest BCUT2D eigenvalue weighted by atomic mass is 10.2. The van der Waals surface area contributed by atoms with E-state index in [1.807, 2.05) is 54.6 Å². The van der Waals surface area contributed by atoms with Gasteiger partial charge in [-0.05, 0) is 24.3 Å². The molecule has 154 valence electrons. The SMILES string of the molecule is O=C(Cn1cnc(-c2cccc([N+](=O)[O-])c2)n1)Nc1ccccc1Sc1ccccc1. The molecule has 0 radical (unpaired) electrons. The molecule has 4 rings (SSSR count). The molecule has 1 amide bonds. The maximum absolute atomic E-state index is 12.6. The molecule has 0 fully saturated rings. The number of para-hydroxylation sites is 1. The molecule has 0 saturated carbocycles. The highest BCUT2D eigenvalue weighted by Gasteiger charge is 2.13. The number of nitro benzene ring substituents is 1. The van der Waals surface area contributed by atoms with Crippen LogP contribution in [0.25, 0.3) is 11.4 Å². The third kappa shape index (κ3) is 5.14. The fourth-order valence-electron chi connectivity index (χ4n) is 2.87. The van der Waals surface area contributed by atoms with E-state index < -0.39 is 4.92 Å². The van der Waals surface area contributed by atoms with Crippen molar-refractivity contribution in [2.45, 2.75) is 16.3 Å². The molecule has 31 heavy (non-hydrogen) atoms. The first-order chi connectivity index (χ1) is 15.1. The smallest absolute Gasteiger partial charge is 0.270 e. The van der Waals surface area contributed by atoms with Crippen LogP contribution in [0.4, 0.5) is 11.4 Å². The predicted molar refractivity (Wildman–Crippen MR) is 118 cm³/mol. The van der Waals surface area contributed by atoms with E-state index in [4.69, 9.17) is 0 Å². The first-order valence-corrected chi connectivity index (χ1v) is 10.2. The van der Waals surface area contributed by atoms with Crippen LogP contribution in [0.1, 0.15) is 0 Å². The zero-order valence-electron chi connectivity index (χ0n) is 16.2. The summed E-state index contributed by atoms with van der Waals surface area (Å²) >= 11 is 1.56. The number of nitrogens with zero attached hydrogens (tertiary/aromatic N) is 4. The molecule has 0 aliphatic carbocycles. The Morgan fingerprint density at radius 1 is 1.03 bits per heavy atom. The van der Waals surface area contributed by atoms with Crippen molar-refractivity contribution in [2.24, 2.45) is 0 Å². The lowest BCUT2D eigenvalue weighted by Crippen LogP contribution is -2.19. The molecule has 1 aromatic heterocycles. The highest BCUT2D eigenvalue weighted by molar-refractivity contribution is 7.99. The normalized spacial score (nSPS) is 10.6. The molecule has 0 unspecified atom stereocenters. The Labute approximate surface area is 182 Å². The summed E-state index contributed by atoms with van der Waals surface area (Å²) in [6.45, 7) is -0.0355. The maximum Gasteiger partial charge on any atom is 0.270 e. The van der Waals surface area contributed by atoms with Gasteiger partial charge in [0.1, 0.15) is 12.9 Å². The van der Waals surface area contributed by atoms with Crippen molar-refractivity contribution in [1.29, 1.82) is 0 Å². The van der Waals surface area contributed by atoms with Gasteiger partial charge in [-0.2, -0.15) is 5.10 Å². The van der Waals surface area contributed by atoms with E-state index in [0.717, 1.165) is 9.79 Å². The van der Waals surface area contributed by atoms with Crippen molar-refractivity contribution in [3.05, 3.63) is 95.3 Å². The zero-order chi connectivity index (χ0) is 21.6. The lowest BCUT2D eigenvalue weighted by molar-refractivity contribution is -0.384. The second-order valence-electron chi connectivity index (χ2n) is 6.53. The second kappa shape index (κ2) is 9.23. The number of hydrogen-bond donors (Lipinski definition) is 1. The van der Waals surface area contributed by atoms with Crippen LogP contribution >= 0.6 is 11.8 Å². The quantitative estimate of drug-likeness (QED) is 0.338. The van der Waals surface area contributed by atoms with Gasteiger partial charge in [-0.1, -0.05) is 54.2 Å². The van der Waals surface area contributed by atoms with Crippen molar-refractivity contribution in [3.8, 4) is 11.4 Å². The molecule has 8 nitrogen and oxygen atoms in total. The lowest BCUT2D eigenvalue weighted by Gasteiger charge is -2.10. The highest BCUT2D eigenvalue weighted by Crippen LogP contribution is 2.33. The number of amides is 1. The van der Waals surface area contributed by atoms with Crippen LogP contribution in [-0.4, -0.2) is 25.6 Å². The summed E-state index contributed by atoms with van der Waals surface area (Å²) in [5, 5.41) is 18.1. The van der Waals surface area contributed by atoms with E-state index in [1.54, 1.807) is 23.9 Å². The minimum atomic E-state index is -0.473. The fraction of sp³-hybridized carbons (Fsp3) is 0.0455. The van der Waals surface area contributed by atoms with E-state index in [2.05, 4.69) is 15.4 Å². The highest BCUT2D eigenvalue weighted by atomic mass is 32.2. The fourth-order valence-corrected chi connectivity index (χ4v) is 3.80. The number of anilines is 1. The maximum atomic E-state index is 12.6. The van der Waals surface area contributed by atoms with E-state index in [1.165, 1.54) is 23.1 Å². The summed E-state index contributed by atoms with van der Waals surface area (Å²) < 4.78 is 1.40. The van der Waals surface area contributed by atoms with Gasteiger partial charge in [-0.3, -0.25) is 14.9 Å². The number of rotatable bonds is 7. The van der Waals surface area contributed by atoms with Gasteiger partial charge in [-0.15, -0.1) is 0 Å². The Morgan fingerprint density at radius 2 is 1.81 bits per heavy atom. The summed E-state index contributed by atoms with van der Waals surface area (Å²) in [7, 11) is 0. The molecule has 0 atom stereocenters. The minimum absolute atomic E-state index is 0.0355. The molecule has 0 aliphatic heterocycles. The van der Waals surface area contributed by atoms with Crippen LogP contribution in [0.15, 0.2) is 95.0 Å². The van der Waals surface area contributed by atoms with E-state index in [-0.39, 0.29) is 18.1 Å².